The van der Waals surface area contributed by atoms with Crippen molar-refractivity contribution in [2.45, 2.75) is 81.2 Å². The Hall–Kier alpha value is -4.68. The fourth-order valence-corrected chi connectivity index (χ4v) is 6.87. The Balaban J connectivity index is 0.800. The standard InChI is InChI=1S/C33H50N14O8/c1-44(12-18-24(50)26(52)32(54-18)46-16-42-22-28(34)38-14-40-30(22)46)10-3-6-20(48)36-8-5-9-37-21(49)7-4-11-45(2)13-19-25(51)27(53)33(55-19)47-17-43-23-29(35)39-15-41-31(23)47/h14-19,24-27,32-33,50-53H,3-13H2,1-2H3,(H,36,48)(H,37,49)(H2,34,38,40)(H2,35,39,41)/t18-,19-,24-,25-,26-,27-,32-,33-/m1/s1. The molecule has 6 heterocycles. The lowest BCUT2D eigenvalue weighted by atomic mass is 10.1. The summed E-state index contributed by atoms with van der Waals surface area (Å²) in [7, 11) is 3.70. The summed E-state index contributed by atoms with van der Waals surface area (Å²) in [6, 6.07) is 0. The highest BCUT2D eigenvalue weighted by atomic mass is 16.6. The van der Waals surface area contributed by atoms with Crippen molar-refractivity contribution in [2.24, 2.45) is 0 Å². The molecule has 0 bridgehead atoms. The number of aromatic nitrogens is 8. The normalized spacial score (nSPS) is 25.5. The molecule has 300 valence electrons. The molecule has 0 saturated carbocycles. The number of hydrogen-bond acceptors (Lipinski definition) is 18. The molecule has 0 spiro atoms. The third-order valence-electron chi connectivity index (χ3n) is 9.87. The number of aliphatic hydroxyl groups excluding tert-OH is 4. The smallest absolute Gasteiger partial charge is 0.220 e. The van der Waals surface area contributed by atoms with E-state index in [1.54, 1.807) is 0 Å². The third-order valence-corrected chi connectivity index (χ3v) is 9.87. The van der Waals surface area contributed by atoms with Gasteiger partial charge in [-0.15, -0.1) is 0 Å². The lowest BCUT2D eigenvalue weighted by Gasteiger charge is -2.22. The minimum absolute atomic E-state index is 0.101. The van der Waals surface area contributed by atoms with Gasteiger partial charge in [-0.3, -0.25) is 18.7 Å². The van der Waals surface area contributed by atoms with E-state index in [4.69, 9.17) is 20.9 Å². The quantitative estimate of drug-likeness (QED) is 0.0471. The number of nitrogens with one attached hydrogen (secondary N) is 2. The van der Waals surface area contributed by atoms with E-state index in [0.29, 0.717) is 93.7 Å². The first-order valence-electron chi connectivity index (χ1n) is 18.2. The Labute approximate surface area is 315 Å². The number of nitrogens with zero attached hydrogens (tertiary/aromatic N) is 10. The second-order valence-electron chi connectivity index (χ2n) is 14.0. The van der Waals surface area contributed by atoms with Gasteiger partial charge >= 0.3 is 0 Å². The molecule has 0 aliphatic carbocycles. The summed E-state index contributed by atoms with van der Waals surface area (Å²) < 4.78 is 15.1. The van der Waals surface area contributed by atoms with Crippen molar-refractivity contribution in [3.05, 3.63) is 25.3 Å². The molecule has 2 amide bonds. The van der Waals surface area contributed by atoms with Gasteiger partial charge in [0.2, 0.25) is 11.8 Å². The summed E-state index contributed by atoms with van der Waals surface area (Å²) in [5.74, 6) is 0.204. The van der Waals surface area contributed by atoms with Gasteiger partial charge in [0.1, 0.15) is 60.3 Å². The van der Waals surface area contributed by atoms with Crippen LogP contribution in [0.5, 0.6) is 0 Å². The maximum atomic E-state index is 12.4. The fourth-order valence-electron chi connectivity index (χ4n) is 6.87. The molecular formula is C33H50N14O8. The summed E-state index contributed by atoms with van der Waals surface area (Å²) in [5, 5.41) is 48.5. The number of carbonyl (C=O) groups is 2. The molecule has 55 heavy (non-hydrogen) atoms. The minimum atomic E-state index is -1.21. The Bertz CT molecular complexity index is 1780. The maximum Gasteiger partial charge on any atom is 0.220 e. The summed E-state index contributed by atoms with van der Waals surface area (Å²) in [6.45, 7) is 2.63. The monoisotopic (exact) mass is 770 g/mol. The number of hydrogen-bond donors (Lipinski definition) is 8. The molecule has 2 saturated heterocycles. The first-order chi connectivity index (χ1) is 26.4. The number of anilines is 2. The predicted octanol–water partition coefficient (Wildman–Crippen LogP) is -2.88. The van der Waals surface area contributed by atoms with Crippen molar-refractivity contribution >= 4 is 45.8 Å². The van der Waals surface area contributed by atoms with Crippen molar-refractivity contribution in [1.82, 2.24) is 59.5 Å². The molecule has 10 N–H and O–H groups in total. The van der Waals surface area contributed by atoms with E-state index in [2.05, 4.69) is 40.5 Å². The van der Waals surface area contributed by atoms with E-state index in [-0.39, 0.29) is 23.5 Å². The largest absolute Gasteiger partial charge is 0.387 e. The van der Waals surface area contributed by atoms with Crippen molar-refractivity contribution in [3.8, 4) is 0 Å². The molecule has 0 radical (unpaired) electrons. The number of amides is 2. The fraction of sp³-hybridized carbons (Fsp3) is 0.636. The zero-order valence-electron chi connectivity index (χ0n) is 30.8. The van der Waals surface area contributed by atoms with E-state index < -0.39 is 49.1 Å². The van der Waals surface area contributed by atoms with E-state index in [0.717, 1.165) is 0 Å². The number of carbonyl (C=O) groups excluding carboxylic acids is 2. The van der Waals surface area contributed by atoms with Gasteiger partial charge in [-0.1, -0.05) is 0 Å². The van der Waals surface area contributed by atoms with Crippen LogP contribution in [0.2, 0.25) is 0 Å². The lowest BCUT2D eigenvalue weighted by molar-refractivity contribution is -0.121. The highest BCUT2D eigenvalue weighted by Gasteiger charge is 2.45. The van der Waals surface area contributed by atoms with Crippen LogP contribution in [0.4, 0.5) is 11.6 Å². The molecule has 0 unspecified atom stereocenters. The Kier molecular flexibility index (Phi) is 13.0. The van der Waals surface area contributed by atoms with Gasteiger partial charge in [0.25, 0.3) is 0 Å². The lowest BCUT2D eigenvalue weighted by Crippen LogP contribution is -2.39. The summed E-state index contributed by atoms with van der Waals surface area (Å²) >= 11 is 0. The molecular weight excluding hydrogens is 720 g/mol. The second kappa shape index (κ2) is 17.8. The number of nitrogen functional groups attached to an aromatic ring is 2. The number of aliphatic hydroxyl groups is 4. The van der Waals surface area contributed by atoms with Crippen LogP contribution in [0.1, 0.15) is 44.6 Å². The van der Waals surface area contributed by atoms with Gasteiger partial charge in [-0.25, -0.2) is 29.9 Å². The number of fused-ring (bicyclic) bond motifs is 2. The first-order valence-corrected chi connectivity index (χ1v) is 18.2. The molecule has 8 atom stereocenters. The average molecular weight is 771 g/mol. The third kappa shape index (κ3) is 9.24. The Morgan fingerprint density at radius 3 is 1.51 bits per heavy atom. The minimum Gasteiger partial charge on any atom is -0.387 e. The van der Waals surface area contributed by atoms with E-state index in [1.807, 2.05) is 23.9 Å². The number of nitrogens with two attached hydrogens (primary N) is 2. The Morgan fingerprint density at radius 1 is 0.673 bits per heavy atom. The van der Waals surface area contributed by atoms with Gasteiger partial charge in [0, 0.05) is 39.0 Å². The van der Waals surface area contributed by atoms with Crippen LogP contribution >= 0.6 is 0 Å². The van der Waals surface area contributed by atoms with Crippen LogP contribution in [-0.4, -0.2) is 171 Å². The molecule has 2 aliphatic heterocycles. The van der Waals surface area contributed by atoms with E-state index >= 15 is 0 Å². The van der Waals surface area contributed by atoms with Gasteiger partial charge in [-0.05, 0) is 46.4 Å². The van der Waals surface area contributed by atoms with Crippen LogP contribution in [0.25, 0.3) is 22.3 Å². The topological polar surface area (TPSA) is 303 Å². The van der Waals surface area contributed by atoms with E-state index in [9.17, 15) is 30.0 Å². The highest BCUT2D eigenvalue weighted by molar-refractivity contribution is 5.82. The molecule has 2 fully saturated rings. The molecule has 22 heteroatoms. The number of imidazole rings is 2. The number of likely N-dealkylation sites (N-methyl/N-ethyl adjacent to an activating group) is 2. The molecule has 22 nitrogen and oxygen atoms in total. The van der Waals surface area contributed by atoms with Crippen molar-refractivity contribution < 1.29 is 39.5 Å². The van der Waals surface area contributed by atoms with Crippen LogP contribution in [0, 0.1) is 0 Å². The summed E-state index contributed by atoms with van der Waals surface area (Å²) in [5.41, 5.74) is 13.3. The zero-order chi connectivity index (χ0) is 39.2. The van der Waals surface area contributed by atoms with Crippen molar-refractivity contribution in [1.29, 1.82) is 0 Å². The molecule has 6 rings (SSSR count). The van der Waals surface area contributed by atoms with Gasteiger partial charge in [-0.2, -0.15) is 0 Å². The first kappa shape index (κ1) is 40.0. The van der Waals surface area contributed by atoms with Crippen LogP contribution in [0.3, 0.4) is 0 Å². The van der Waals surface area contributed by atoms with Gasteiger partial charge < -0.3 is 61.8 Å². The van der Waals surface area contributed by atoms with Gasteiger partial charge in [0.05, 0.1) is 12.7 Å². The summed E-state index contributed by atoms with van der Waals surface area (Å²) in [6.07, 6.45) is -0.0300. The van der Waals surface area contributed by atoms with Crippen LogP contribution in [0.15, 0.2) is 25.3 Å². The predicted molar refractivity (Wildman–Crippen MR) is 195 cm³/mol. The highest BCUT2D eigenvalue weighted by Crippen LogP contribution is 2.33. The Morgan fingerprint density at radius 2 is 1.09 bits per heavy atom. The van der Waals surface area contributed by atoms with E-state index in [1.165, 1.54) is 34.4 Å². The number of ether oxygens (including phenoxy) is 2. The number of rotatable bonds is 18. The summed E-state index contributed by atoms with van der Waals surface area (Å²) in [4.78, 5) is 53.2. The molecule has 4 aromatic rings. The zero-order valence-corrected chi connectivity index (χ0v) is 30.8. The SMILES string of the molecule is CN(CCCC(=O)NCCCNC(=O)CCCN(C)C[C@H]1O[C@@H](n2cnc3c(N)ncnc32)[C@H](O)[C@@H]1O)C[C@H]1O[C@@H](n2cnc3c(N)ncnc32)[C@H](O)[C@@H]1O. The van der Waals surface area contributed by atoms with Crippen LogP contribution in [-0.2, 0) is 19.1 Å². The van der Waals surface area contributed by atoms with Crippen molar-refractivity contribution in [2.75, 3.05) is 64.8 Å². The molecule has 0 aromatic carbocycles. The average Bonchev–Trinajstić information content (AvgIpc) is 3.91. The van der Waals surface area contributed by atoms with Crippen molar-refractivity contribution in [3.63, 3.8) is 0 Å². The van der Waals surface area contributed by atoms with Gasteiger partial charge in [0.15, 0.2) is 35.4 Å². The second-order valence-corrected chi connectivity index (χ2v) is 14.0. The molecule has 2 aliphatic rings. The molecule has 4 aromatic heterocycles. The van der Waals surface area contributed by atoms with Crippen LogP contribution < -0.4 is 22.1 Å². The maximum absolute atomic E-state index is 12.4.